The van der Waals surface area contributed by atoms with E-state index >= 15 is 0 Å². The highest BCUT2D eigenvalue weighted by atomic mass is 14.9. The van der Waals surface area contributed by atoms with Crippen LogP contribution in [-0.4, -0.2) is 5.71 Å². The van der Waals surface area contributed by atoms with E-state index in [1.54, 1.807) is 31.2 Å². The normalized spacial score (nSPS) is 14.1. The Hall–Kier alpha value is -1.77. The molecule has 0 rings (SSSR count). The molecule has 0 aliphatic rings. The molecule has 0 aromatic carbocycles. The highest BCUT2D eigenvalue weighted by molar-refractivity contribution is 5.92. The molecule has 0 aromatic rings. The summed E-state index contributed by atoms with van der Waals surface area (Å²) in [5.74, 6) is 0.288. The standard InChI is InChI=1S/C10H15N3/c1-4-6-7-9(11)10(12)13-8(3)5-2/h4-7H,1-2,11-12H2,3H3/b7-6-,10-9-,13-8-. The number of nitrogens with two attached hydrogens (primary N) is 2. The fraction of sp³-hybridized carbons (Fsp3) is 0.100. The van der Waals surface area contributed by atoms with Gasteiger partial charge < -0.3 is 11.5 Å². The average Bonchev–Trinajstić information content (AvgIpc) is 2.13. The van der Waals surface area contributed by atoms with E-state index in [0.717, 1.165) is 5.71 Å². The van der Waals surface area contributed by atoms with Gasteiger partial charge in [0.25, 0.3) is 0 Å². The molecule has 0 spiro atoms. The molecule has 0 atom stereocenters. The van der Waals surface area contributed by atoms with Gasteiger partial charge in [0.1, 0.15) is 5.82 Å². The van der Waals surface area contributed by atoms with Crippen molar-refractivity contribution in [3.8, 4) is 0 Å². The van der Waals surface area contributed by atoms with Crippen LogP contribution in [-0.2, 0) is 0 Å². The van der Waals surface area contributed by atoms with Crippen LogP contribution in [0, 0.1) is 0 Å². The Morgan fingerprint density at radius 1 is 1.31 bits per heavy atom. The first-order valence-electron chi connectivity index (χ1n) is 3.84. The Kier molecular flexibility index (Phi) is 5.03. The van der Waals surface area contributed by atoms with Crippen LogP contribution in [0.5, 0.6) is 0 Å². The largest absolute Gasteiger partial charge is 0.396 e. The third kappa shape index (κ3) is 4.63. The molecule has 13 heavy (non-hydrogen) atoms. The molecule has 0 amide bonds. The van der Waals surface area contributed by atoms with Gasteiger partial charge in [-0.25, -0.2) is 4.99 Å². The summed E-state index contributed by atoms with van der Waals surface area (Å²) in [5.41, 5.74) is 12.3. The minimum atomic E-state index is 0.288. The van der Waals surface area contributed by atoms with Gasteiger partial charge >= 0.3 is 0 Å². The third-order valence-corrected chi connectivity index (χ3v) is 1.30. The highest BCUT2D eigenvalue weighted by Crippen LogP contribution is 1.96. The lowest BCUT2D eigenvalue weighted by Crippen LogP contribution is -2.07. The van der Waals surface area contributed by atoms with Gasteiger partial charge in [-0.05, 0) is 19.1 Å². The van der Waals surface area contributed by atoms with Crippen LogP contribution in [0.4, 0.5) is 0 Å². The van der Waals surface area contributed by atoms with Gasteiger partial charge in [0.2, 0.25) is 0 Å². The van der Waals surface area contributed by atoms with Crippen molar-refractivity contribution in [3.05, 3.63) is 49.0 Å². The predicted molar refractivity (Wildman–Crippen MR) is 58.0 cm³/mol. The van der Waals surface area contributed by atoms with E-state index in [9.17, 15) is 0 Å². The molecule has 0 saturated carbocycles. The van der Waals surface area contributed by atoms with Crippen molar-refractivity contribution in [1.29, 1.82) is 0 Å². The smallest absolute Gasteiger partial charge is 0.146 e. The Labute approximate surface area is 78.8 Å². The molecule has 3 heteroatoms. The van der Waals surface area contributed by atoms with Crippen molar-refractivity contribution in [3.63, 3.8) is 0 Å². The molecular formula is C10H15N3. The highest BCUT2D eigenvalue weighted by Gasteiger charge is 1.91. The molecule has 0 fully saturated rings. The Morgan fingerprint density at radius 2 is 1.92 bits per heavy atom. The van der Waals surface area contributed by atoms with Crippen LogP contribution < -0.4 is 11.5 Å². The molecule has 0 unspecified atom stereocenters. The number of aliphatic imine (C=N–C) groups is 1. The van der Waals surface area contributed by atoms with Crippen molar-refractivity contribution < 1.29 is 0 Å². The Bertz CT molecular complexity index is 283. The van der Waals surface area contributed by atoms with Crippen LogP contribution in [0.15, 0.2) is 54.0 Å². The van der Waals surface area contributed by atoms with E-state index < -0.39 is 0 Å². The zero-order valence-electron chi connectivity index (χ0n) is 7.83. The molecule has 0 bridgehead atoms. The molecule has 0 aliphatic heterocycles. The third-order valence-electron chi connectivity index (χ3n) is 1.30. The quantitative estimate of drug-likeness (QED) is 0.504. The first-order chi connectivity index (χ1) is 6.11. The molecule has 3 nitrogen and oxygen atoms in total. The minimum absolute atomic E-state index is 0.288. The fourth-order valence-corrected chi connectivity index (χ4v) is 0.557. The van der Waals surface area contributed by atoms with Gasteiger partial charge in [-0.15, -0.1) is 0 Å². The summed E-state index contributed by atoms with van der Waals surface area (Å²) >= 11 is 0. The van der Waals surface area contributed by atoms with Crippen LogP contribution in [0.3, 0.4) is 0 Å². The van der Waals surface area contributed by atoms with Crippen LogP contribution in [0.25, 0.3) is 0 Å². The maximum Gasteiger partial charge on any atom is 0.146 e. The molecule has 0 saturated heterocycles. The van der Waals surface area contributed by atoms with Crippen LogP contribution >= 0.6 is 0 Å². The van der Waals surface area contributed by atoms with Gasteiger partial charge in [-0.2, -0.15) is 0 Å². The SMILES string of the molecule is C=C\C=C/C(N)=C(N)/N=C(/C)C=C. The predicted octanol–water partition coefficient (Wildman–Crippen LogP) is 1.46. The summed E-state index contributed by atoms with van der Waals surface area (Å²) in [5, 5.41) is 0. The second-order valence-corrected chi connectivity index (χ2v) is 2.39. The van der Waals surface area contributed by atoms with Crippen molar-refractivity contribution >= 4 is 5.71 Å². The van der Waals surface area contributed by atoms with Crippen molar-refractivity contribution in [2.75, 3.05) is 0 Å². The molecule has 70 valence electrons. The monoisotopic (exact) mass is 177 g/mol. The van der Waals surface area contributed by atoms with Crippen molar-refractivity contribution in [2.24, 2.45) is 16.5 Å². The number of allylic oxidation sites excluding steroid dienone is 4. The van der Waals surface area contributed by atoms with E-state index in [4.69, 9.17) is 11.5 Å². The average molecular weight is 177 g/mol. The van der Waals surface area contributed by atoms with E-state index in [1.807, 2.05) is 0 Å². The second kappa shape index (κ2) is 5.83. The molecule has 0 aliphatic carbocycles. The van der Waals surface area contributed by atoms with Crippen molar-refractivity contribution in [2.45, 2.75) is 6.92 Å². The Morgan fingerprint density at radius 3 is 2.38 bits per heavy atom. The topological polar surface area (TPSA) is 64.4 Å². The second-order valence-electron chi connectivity index (χ2n) is 2.39. The first kappa shape index (κ1) is 11.2. The molecule has 0 radical (unpaired) electrons. The summed E-state index contributed by atoms with van der Waals surface area (Å²) in [6.45, 7) is 8.86. The fourth-order valence-electron chi connectivity index (χ4n) is 0.557. The Balaban J connectivity index is 4.71. The molecule has 0 aromatic heterocycles. The van der Waals surface area contributed by atoms with Gasteiger partial charge in [0.15, 0.2) is 0 Å². The first-order valence-corrected chi connectivity index (χ1v) is 3.84. The lowest BCUT2D eigenvalue weighted by atomic mass is 10.3. The van der Waals surface area contributed by atoms with Crippen molar-refractivity contribution in [1.82, 2.24) is 0 Å². The van der Waals surface area contributed by atoms with Gasteiger partial charge in [0.05, 0.1) is 5.70 Å². The summed E-state index contributed by atoms with van der Waals surface area (Å²) in [6, 6.07) is 0. The summed E-state index contributed by atoms with van der Waals surface area (Å²) in [6.07, 6.45) is 6.56. The minimum Gasteiger partial charge on any atom is -0.396 e. The number of hydrogen-bond acceptors (Lipinski definition) is 3. The number of rotatable bonds is 4. The lowest BCUT2D eigenvalue weighted by molar-refractivity contribution is 1.16. The summed E-state index contributed by atoms with van der Waals surface area (Å²) < 4.78 is 0. The van der Waals surface area contributed by atoms with Crippen LogP contribution in [0.1, 0.15) is 6.92 Å². The summed E-state index contributed by atoms with van der Waals surface area (Å²) in [4.78, 5) is 3.99. The van der Waals surface area contributed by atoms with E-state index in [2.05, 4.69) is 18.2 Å². The molecular weight excluding hydrogens is 162 g/mol. The number of hydrogen-bond donors (Lipinski definition) is 2. The van der Waals surface area contributed by atoms with Gasteiger partial charge in [-0.3, -0.25) is 0 Å². The van der Waals surface area contributed by atoms with E-state index in [-0.39, 0.29) is 5.82 Å². The summed E-state index contributed by atoms with van der Waals surface area (Å²) in [7, 11) is 0. The zero-order chi connectivity index (χ0) is 10.3. The van der Waals surface area contributed by atoms with E-state index in [0.29, 0.717) is 5.70 Å². The maximum absolute atomic E-state index is 5.58. The zero-order valence-corrected chi connectivity index (χ0v) is 7.83. The maximum atomic E-state index is 5.58. The van der Waals surface area contributed by atoms with Crippen LogP contribution in [0.2, 0.25) is 0 Å². The molecule has 0 heterocycles. The van der Waals surface area contributed by atoms with Gasteiger partial charge in [-0.1, -0.05) is 25.3 Å². The van der Waals surface area contributed by atoms with E-state index in [1.165, 1.54) is 0 Å². The molecule has 4 N–H and O–H groups in total. The number of nitrogens with zero attached hydrogens (tertiary/aromatic N) is 1. The lowest BCUT2D eigenvalue weighted by Gasteiger charge is -1.97. The van der Waals surface area contributed by atoms with Gasteiger partial charge in [0, 0.05) is 5.71 Å².